The minimum atomic E-state index is -0.976. The molecule has 2 rings (SSSR count). The highest BCUT2D eigenvalue weighted by Gasteiger charge is 2.18. The number of nitrogens with zero attached hydrogens (tertiary/aromatic N) is 1. The van der Waals surface area contributed by atoms with Crippen LogP contribution in [0, 0.1) is 20.8 Å². The van der Waals surface area contributed by atoms with Crippen molar-refractivity contribution in [1.29, 1.82) is 0 Å². The van der Waals surface area contributed by atoms with E-state index < -0.39 is 12.1 Å². The molecule has 0 aliphatic carbocycles. The molecule has 210 valence electrons. The van der Waals surface area contributed by atoms with E-state index in [0.717, 1.165) is 47.2 Å². The number of amides is 2. The summed E-state index contributed by atoms with van der Waals surface area (Å²) >= 11 is 0. The first kappa shape index (κ1) is 31.1. The van der Waals surface area contributed by atoms with Crippen LogP contribution in [0.25, 0.3) is 0 Å². The third kappa shape index (κ3) is 10.7. The minimum Gasteiger partial charge on any atom is -0.492 e. The second-order valence-corrected chi connectivity index (χ2v) is 9.49. The van der Waals surface area contributed by atoms with Crippen LogP contribution in [0.5, 0.6) is 5.75 Å². The normalized spacial score (nSPS) is 11.7. The first-order valence-electron chi connectivity index (χ1n) is 13.5. The summed E-state index contributed by atoms with van der Waals surface area (Å²) < 4.78 is 17.0. The Balaban J connectivity index is 1.96. The van der Waals surface area contributed by atoms with Crippen LogP contribution in [0.15, 0.2) is 36.4 Å². The molecule has 1 atom stereocenters. The fourth-order valence-electron chi connectivity index (χ4n) is 4.24. The quantitative estimate of drug-likeness (QED) is 0.253. The van der Waals surface area contributed by atoms with E-state index in [9.17, 15) is 14.7 Å². The highest BCUT2D eigenvalue weighted by atomic mass is 16.5. The molecule has 8 nitrogen and oxygen atoms in total. The SMILES string of the molecule is CCCCCOCCN(CCOc1ccc(CC(OCC)C(=O)O)cc1)C(=O)Nc1c(C)cc(C)cc1C. The largest absolute Gasteiger partial charge is 0.492 e. The van der Waals surface area contributed by atoms with Crippen LogP contribution in [-0.2, 0) is 20.7 Å². The zero-order valence-corrected chi connectivity index (χ0v) is 23.5. The van der Waals surface area contributed by atoms with Crippen molar-refractivity contribution in [2.45, 2.75) is 66.4 Å². The number of benzene rings is 2. The van der Waals surface area contributed by atoms with Gasteiger partial charge in [0.05, 0.1) is 13.2 Å². The van der Waals surface area contributed by atoms with Gasteiger partial charge in [0, 0.05) is 31.9 Å². The smallest absolute Gasteiger partial charge is 0.333 e. The maximum absolute atomic E-state index is 13.2. The number of urea groups is 1. The Morgan fingerprint density at radius 1 is 0.947 bits per heavy atom. The number of aliphatic carboxylic acids is 1. The molecule has 0 heterocycles. The van der Waals surface area contributed by atoms with Crippen molar-refractivity contribution >= 4 is 17.7 Å². The average Bonchev–Trinajstić information content (AvgIpc) is 2.87. The van der Waals surface area contributed by atoms with E-state index in [0.29, 0.717) is 45.3 Å². The third-order valence-corrected chi connectivity index (χ3v) is 6.21. The lowest BCUT2D eigenvalue weighted by molar-refractivity contribution is -0.149. The van der Waals surface area contributed by atoms with Gasteiger partial charge in [0.15, 0.2) is 6.10 Å². The molecular weight excluding hydrogens is 484 g/mol. The van der Waals surface area contributed by atoms with Gasteiger partial charge in [-0.1, -0.05) is 49.6 Å². The van der Waals surface area contributed by atoms with Crippen LogP contribution >= 0.6 is 0 Å². The summed E-state index contributed by atoms with van der Waals surface area (Å²) in [7, 11) is 0. The van der Waals surface area contributed by atoms with E-state index in [2.05, 4.69) is 24.4 Å². The molecule has 0 aliphatic heterocycles. The molecule has 0 spiro atoms. The molecule has 2 aromatic carbocycles. The van der Waals surface area contributed by atoms with E-state index in [1.54, 1.807) is 24.0 Å². The van der Waals surface area contributed by atoms with Gasteiger partial charge in [-0.3, -0.25) is 0 Å². The fraction of sp³-hybridized carbons (Fsp3) is 0.533. The molecule has 1 unspecified atom stereocenters. The summed E-state index contributed by atoms with van der Waals surface area (Å²) in [5.41, 5.74) is 4.89. The Kier molecular flexibility index (Phi) is 13.7. The number of carbonyl (C=O) groups is 2. The molecule has 0 bridgehead atoms. The lowest BCUT2D eigenvalue weighted by Gasteiger charge is -2.24. The Hall–Kier alpha value is -3.10. The maximum atomic E-state index is 13.2. The summed E-state index contributed by atoms with van der Waals surface area (Å²) in [6.07, 6.45) is 2.70. The summed E-state index contributed by atoms with van der Waals surface area (Å²) in [6, 6.07) is 11.2. The number of anilines is 1. The standard InChI is InChI=1S/C30H44N2O6/c1-6-8-9-16-36-17-14-32(30(35)31-28-23(4)19-22(3)20-24(28)5)15-18-38-26-12-10-25(11-13-26)21-27(29(33)34)37-7-2/h10-13,19-20,27H,6-9,14-18,21H2,1-5H3,(H,31,35)(H,33,34). The molecule has 2 amide bonds. The first-order valence-corrected chi connectivity index (χ1v) is 13.5. The number of ether oxygens (including phenoxy) is 3. The number of hydrogen-bond donors (Lipinski definition) is 2. The van der Waals surface area contributed by atoms with Gasteiger partial charge in [0.2, 0.25) is 0 Å². The van der Waals surface area contributed by atoms with E-state index in [1.165, 1.54) is 0 Å². The Morgan fingerprint density at radius 2 is 1.61 bits per heavy atom. The van der Waals surface area contributed by atoms with Crippen LogP contribution in [0.4, 0.5) is 10.5 Å². The van der Waals surface area contributed by atoms with Crippen molar-refractivity contribution in [3.05, 3.63) is 58.7 Å². The number of carbonyl (C=O) groups excluding carboxylic acids is 1. The lowest BCUT2D eigenvalue weighted by Crippen LogP contribution is -2.40. The third-order valence-electron chi connectivity index (χ3n) is 6.21. The van der Waals surface area contributed by atoms with Gasteiger partial charge in [-0.05, 0) is 62.9 Å². The predicted octanol–water partition coefficient (Wildman–Crippen LogP) is 5.76. The van der Waals surface area contributed by atoms with Crippen LogP contribution in [-0.4, -0.2) is 67.6 Å². The second-order valence-electron chi connectivity index (χ2n) is 9.49. The molecule has 0 saturated heterocycles. The topological polar surface area (TPSA) is 97.3 Å². The summed E-state index contributed by atoms with van der Waals surface area (Å²) in [4.78, 5) is 26.3. The van der Waals surface area contributed by atoms with Gasteiger partial charge in [-0.15, -0.1) is 0 Å². The van der Waals surface area contributed by atoms with Crippen LogP contribution < -0.4 is 10.1 Å². The molecule has 0 aliphatic rings. The van der Waals surface area contributed by atoms with Gasteiger partial charge in [0.1, 0.15) is 12.4 Å². The van der Waals surface area contributed by atoms with E-state index in [4.69, 9.17) is 14.2 Å². The van der Waals surface area contributed by atoms with Crippen molar-refractivity contribution in [2.24, 2.45) is 0 Å². The van der Waals surface area contributed by atoms with Crippen molar-refractivity contribution in [1.82, 2.24) is 4.90 Å². The zero-order chi connectivity index (χ0) is 27.9. The summed E-state index contributed by atoms with van der Waals surface area (Å²) in [5.74, 6) is -0.325. The van der Waals surface area contributed by atoms with Gasteiger partial charge in [-0.2, -0.15) is 0 Å². The predicted molar refractivity (Wildman–Crippen MR) is 150 cm³/mol. The first-order chi connectivity index (χ1) is 18.2. The molecule has 0 saturated carbocycles. The lowest BCUT2D eigenvalue weighted by atomic mass is 10.1. The number of aryl methyl sites for hydroxylation is 3. The number of rotatable bonds is 17. The molecular formula is C30H44N2O6. The Labute approximate surface area is 227 Å². The van der Waals surface area contributed by atoms with Gasteiger partial charge in [-0.25, -0.2) is 9.59 Å². The number of unbranched alkanes of at least 4 members (excludes halogenated alkanes) is 2. The van der Waals surface area contributed by atoms with Crippen LogP contribution in [0.3, 0.4) is 0 Å². The molecule has 8 heteroatoms. The summed E-state index contributed by atoms with van der Waals surface area (Å²) in [5, 5.41) is 12.4. The molecule has 2 N–H and O–H groups in total. The maximum Gasteiger partial charge on any atom is 0.333 e. The van der Waals surface area contributed by atoms with E-state index in [1.807, 2.05) is 32.9 Å². The number of carboxylic acids is 1. The van der Waals surface area contributed by atoms with Crippen molar-refractivity contribution in [3.63, 3.8) is 0 Å². The molecule has 0 radical (unpaired) electrons. The zero-order valence-electron chi connectivity index (χ0n) is 23.5. The number of carboxylic acid groups (broad SMARTS) is 1. The Bertz CT molecular complexity index is 985. The van der Waals surface area contributed by atoms with E-state index in [-0.39, 0.29) is 12.5 Å². The number of nitrogens with one attached hydrogen (secondary N) is 1. The van der Waals surface area contributed by atoms with Gasteiger partial charge < -0.3 is 29.5 Å². The monoisotopic (exact) mass is 528 g/mol. The fourth-order valence-corrected chi connectivity index (χ4v) is 4.24. The second kappa shape index (κ2) is 16.7. The van der Waals surface area contributed by atoms with E-state index >= 15 is 0 Å². The van der Waals surface area contributed by atoms with Crippen molar-refractivity contribution in [3.8, 4) is 5.75 Å². The molecule has 0 fully saturated rings. The summed E-state index contributed by atoms with van der Waals surface area (Å²) in [6.45, 7) is 12.6. The average molecular weight is 529 g/mol. The van der Waals surface area contributed by atoms with Crippen LogP contribution in [0.1, 0.15) is 55.4 Å². The Morgan fingerprint density at radius 3 is 2.21 bits per heavy atom. The molecule has 2 aromatic rings. The molecule has 38 heavy (non-hydrogen) atoms. The van der Waals surface area contributed by atoms with Gasteiger partial charge >= 0.3 is 12.0 Å². The van der Waals surface area contributed by atoms with Crippen LogP contribution in [0.2, 0.25) is 0 Å². The van der Waals surface area contributed by atoms with Crippen molar-refractivity contribution < 1.29 is 28.9 Å². The molecule has 0 aromatic heterocycles. The van der Waals surface area contributed by atoms with Crippen molar-refractivity contribution in [2.75, 3.05) is 44.8 Å². The highest BCUT2D eigenvalue weighted by Crippen LogP contribution is 2.22. The number of hydrogen-bond acceptors (Lipinski definition) is 5. The highest BCUT2D eigenvalue weighted by molar-refractivity contribution is 5.91. The van der Waals surface area contributed by atoms with Gasteiger partial charge in [0.25, 0.3) is 0 Å². The minimum absolute atomic E-state index is 0.188.